The summed E-state index contributed by atoms with van der Waals surface area (Å²) in [5.41, 5.74) is 1.29. The minimum atomic E-state index is -0.889. The van der Waals surface area contributed by atoms with Crippen molar-refractivity contribution in [3.8, 4) is 5.75 Å². The molecule has 178 valence electrons. The van der Waals surface area contributed by atoms with Crippen LogP contribution in [0.4, 0.5) is 10.6 Å². The van der Waals surface area contributed by atoms with Crippen LogP contribution in [-0.2, 0) is 6.42 Å². The molecule has 1 aromatic rings. The summed E-state index contributed by atoms with van der Waals surface area (Å²) in [4.78, 5) is 20.2. The van der Waals surface area contributed by atoms with Crippen LogP contribution in [0.5, 0.6) is 5.75 Å². The van der Waals surface area contributed by atoms with Gasteiger partial charge in [-0.2, -0.15) is 0 Å². The molecule has 8 heteroatoms. The molecule has 4 aliphatic rings. The van der Waals surface area contributed by atoms with Crippen LogP contribution in [0, 0.1) is 5.92 Å². The van der Waals surface area contributed by atoms with Gasteiger partial charge in [-0.25, -0.2) is 9.78 Å². The SMILES string of the molecule is O=C(O)N[C@H]1CC[C@H](CCN2CCN(c3nccc4c3OCC4)CC2)CC1.OC1CCC1. The van der Waals surface area contributed by atoms with Gasteiger partial charge in [-0.05, 0) is 69.9 Å². The summed E-state index contributed by atoms with van der Waals surface area (Å²) in [7, 11) is 0. The molecule has 2 saturated carbocycles. The molecule has 2 aliphatic carbocycles. The standard InChI is InChI=1S/C20H30N4O3.C4H8O/c25-20(26)22-17-3-1-15(2-4-17)6-9-23-10-12-24(13-11-23)19-18-16(5-8-21-19)7-14-27-18;5-4-2-1-3-4/h5,8,15,17,22H,1-4,6-7,9-14H2,(H,25,26);4-5H,1-3H2/t15-,17-;. The van der Waals surface area contributed by atoms with Crippen LogP contribution < -0.4 is 15.0 Å². The average molecular weight is 447 g/mol. The third kappa shape index (κ3) is 6.25. The number of piperazine rings is 1. The van der Waals surface area contributed by atoms with Gasteiger partial charge < -0.3 is 25.2 Å². The Balaban J connectivity index is 0.000000433. The van der Waals surface area contributed by atoms with Gasteiger partial charge in [0.25, 0.3) is 0 Å². The van der Waals surface area contributed by atoms with Gasteiger partial charge in [0.1, 0.15) is 0 Å². The number of hydrogen-bond acceptors (Lipinski definition) is 6. The third-order valence-corrected chi connectivity index (χ3v) is 7.36. The molecule has 0 aromatic carbocycles. The van der Waals surface area contributed by atoms with E-state index in [1.165, 1.54) is 18.4 Å². The number of rotatable bonds is 5. The first-order chi connectivity index (χ1) is 15.6. The maximum atomic E-state index is 10.7. The zero-order valence-corrected chi connectivity index (χ0v) is 19.0. The number of aliphatic hydroxyl groups excluding tert-OH is 1. The van der Waals surface area contributed by atoms with Crippen molar-refractivity contribution in [3.05, 3.63) is 17.8 Å². The smallest absolute Gasteiger partial charge is 0.404 e. The predicted octanol–water partition coefficient (Wildman–Crippen LogP) is 2.89. The van der Waals surface area contributed by atoms with Crippen molar-refractivity contribution in [2.75, 3.05) is 44.2 Å². The van der Waals surface area contributed by atoms with E-state index in [1.807, 2.05) is 6.20 Å². The van der Waals surface area contributed by atoms with Crippen LogP contribution in [0.3, 0.4) is 0 Å². The lowest BCUT2D eigenvalue weighted by atomic mass is 9.84. The zero-order valence-electron chi connectivity index (χ0n) is 19.0. The number of aromatic nitrogens is 1. The van der Waals surface area contributed by atoms with Crippen molar-refractivity contribution in [1.29, 1.82) is 0 Å². The van der Waals surface area contributed by atoms with Crippen molar-refractivity contribution in [2.45, 2.75) is 69.9 Å². The minimum Gasteiger partial charge on any atom is -0.489 e. The number of aliphatic hydroxyl groups is 1. The third-order valence-electron chi connectivity index (χ3n) is 7.36. The van der Waals surface area contributed by atoms with Crippen molar-refractivity contribution in [1.82, 2.24) is 15.2 Å². The Morgan fingerprint density at radius 1 is 1.12 bits per heavy atom. The molecule has 1 amide bonds. The highest BCUT2D eigenvalue weighted by Crippen LogP contribution is 2.34. The Morgan fingerprint density at radius 3 is 2.47 bits per heavy atom. The van der Waals surface area contributed by atoms with E-state index in [4.69, 9.17) is 14.9 Å². The predicted molar refractivity (Wildman–Crippen MR) is 123 cm³/mol. The second-order valence-corrected chi connectivity index (χ2v) is 9.59. The van der Waals surface area contributed by atoms with E-state index in [-0.39, 0.29) is 12.1 Å². The van der Waals surface area contributed by atoms with Crippen molar-refractivity contribution in [3.63, 3.8) is 0 Å². The molecule has 8 nitrogen and oxygen atoms in total. The summed E-state index contributed by atoms with van der Waals surface area (Å²) in [5, 5.41) is 19.9. The number of amides is 1. The second-order valence-electron chi connectivity index (χ2n) is 9.59. The van der Waals surface area contributed by atoms with Gasteiger partial charge in [0.2, 0.25) is 0 Å². The highest BCUT2D eigenvalue weighted by molar-refractivity contribution is 5.64. The monoisotopic (exact) mass is 446 g/mol. The number of ether oxygens (including phenoxy) is 1. The Kier molecular flexibility index (Phi) is 8.08. The summed E-state index contributed by atoms with van der Waals surface area (Å²) < 4.78 is 5.81. The summed E-state index contributed by atoms with van der Waals surface area (Å²) in [6.45, 7) is 6.07. The van der Waals surface area contributed by atoms with E-state index in [0.29, 0.717) is 0 Å². The van der Waals surface area contributed by atoms with E-state index >= 15 is 0 Å². The largest absolute Gasteiger partial charge is 0.489 e. The number of nitrogens with one attached hydrogen (secondary N) is 1. The first kappa shape index (κ1) is 23.1. The average Bonchev–Trinajstić information content (AvgIpc) is 3.27. The van der Waals surface area contributed by atoms with Gasteiger partial charge in [-0.1, -0.05) is 0 Å². The van der Waals surface area contributed by atoms with Crippen LogP contribution in [-0.4, -0.2) is 77.7 Å². The lowest BCUT2D eigenvalue weighted by Gasteiger charge is -2.37. The van der Waals surface area contributed by atoms with Gasteiger partial charge in [-0.3, -0.25) is 4.90 Å². The van der Waals surface area contributed by atoms with Gasteiger partial charge in [-0.15, -0.1) is 0 Å². The lowest BCUT2D eigenvalue weighted by molar-refractivity contribution is 0.0950. The van der Waals surface area contributed by atoms with Crippen molar-refractivity contribution in [2.24, 2.45) is 5.92 Å². The number of pyridine rings is 1. The number of fused-ring (bicyclic) bond motifs is 1. The summed E-state index contributed by atoms with van der Waals surface area (Å²) >= 11 is 0. The first-order valence-electron chi connectivity index (χ1n) is 12.3. The molecule has 1 aromatic heterocycles. The fourth-order valence-electron chi connectivity index (χ4n) is 5.02. The van der Waals surface area contributed by atoms with Crippen LogP contribution in [0.25, 0.3) is 0 Å². The number of hydrogen-bond donors (Lipinski definition) is 3. The van der Waals surface area contributed by atoms with E-state index in [9.17, 15) is 4.79 Å². The maximum absolute atomic E-state index is 10.7. The summed E-state index contributed by atoms with van der Waals surface area (Å²) in [6.07, 6.45) is 10.9. The lowest BCUT2D eigenvalue weighted by Crippen LogP contribution is -2.47. The first-order valence-corrected chi connectivity index (χ1v) is 12.3. The number of carbonyl (C=O) groups is 1. The molecule has 32 heavy (non-hydrogen) atoms. The van der Waals surface area contributed by atoms with Gasteiger partial charge in [0.15, 0.2) is 11.6 Å². The van der Waals surface area contributed by atoms with Gasteiger partial charge in [0.05, 0.1) is 12.7 Å². The van der Waals surface area contributed by atoms with Crippen LogP contribution in [0.15, 0.2) is 12.3 Å². The normalized spacial score (nSPS) is 25.7. The van der Waals surface area contributed by atoms with E-state index in [2.05, 4.69) is 26.2 Å². The number of anilines is 1. The van der Waals surface area contributed by atoms with Crippen molar-refractivity contribution < 1.29 is 19.7 Å². The van der Waals surface area contributed by atoms with E-state index < -0.39 is 6.09 Å². The van der Waals surface area contributed by atoms with Crippen LogP contribution in [0.2, 0.25) is 0 Å². The molecule has 0 bridgehead atoms. The molecule has 3 heterocycles. The molecule has 0 spiro atoms. The van der Waals surface area contributed by atoms with Crippen molar-refractivity contribution >= 4 is 11.9 Å². The molecule has 3 N–H and O–H groups in total. The van der Waals surface area contributed by atoms with Crippen LogP contribution >= 0.6 is 0 Å². The van der Waals surface area contributed by atoms with E-state index in [0.717, 1.165) is 102 Å². The second kappa shape index (κ2) is 11.2. The summed E-state index contributed by atoms with van der Waals surface area (Å²) in [6, 6.07) is 2.23. The molecule has 3 fully saturated rings. The summed E-state index contributed by atoms with van der Waals surface area (Å²) in [5.74, 6) is 2.76. The molecule has 1 saturated heterocycles. The zero-order chi connectivity index (χ0) is 22.3. The Bertz CT molecular complexity index is 742. The fourth-order valence-corrected chi connectivity index (χ4v) is 5.02. The molecule has 5 rings (SSSR count). The van der Waals surface area contributed by atoms with Gasteiger partial charge >= 0.3 is 6.09 Å². The minimum absolute atomic E-state index is 0.0648. The number of carboxylic acid groups (broad SMARTS) is 1. The maximum Gasteiger partial charge on any atom is 0.404 e. The molecule has 0 atom stereocenters. The molecule has 0 unspecified atom stereocenters. The topological polar surface area (TPSA) is 98.2 Å². The van der Waals surface area contributed by atoms with Gasteiger partial charge in [0, 0.05) is 50.4 Å². The molecular weight excluding hydrogens is 408 g/mol. The quantitative estimate of drug-likeness (QED) is 0.640. The molecule has 0 radical (unpaired) electrons. The highest BCUT2D eigenvalue weighted by Gasteiger charge is 2.26. The molecule has 2 aliphatic heterocycles. The number of nitrogens with zero attached hydrogens (tertiary/aromatic N) is 3. The Hall–Kier alpha value is -2.06. The highest BCUT2D eigenvalue weighted by atomic mass is 16.5. The Morgan fingerprint density at radius 2 is 1.84 bits per heavy atom. The van der Waals surface area contributed by atoms with E-state index in [1.54, 1.807) is 0 Å². The fraction of sp³-hybridized carbons (Fsp3) is 0.750. The Labute approximate surface area is 191 Å². The molecular formula is C24H38N4O4. The van der Waals surface area contributed by atoms with Crippen LogP contribution in [0.1, 0.15) is 56.9 Å².